The van der Waals surface area contributed by atoms with Crippen molar-refractivity contribution in [3.8, 4) is 0 Å². The van der Waals surface area contributed by atoms with Gasteiger partial charge in [-0.2, -0.15) is 0 Å². The third-order valence-electron chi connectivity index (χ3n) is 6.82. The zero-order valence-electron chi connectivity index (χ0n) is 18.2. The van der Waals surface area contributed by atoms with Crippen molar-refractivity contribution in [2.75, 3.05) is 73.0 Å². The van der Waals surface area contributed by atoms with Crippen molar-refractivity contribution in [2.45, 2.75) is 45.1 Å². The zero-order valence-corrected chi connectivity index (χ0v) is 18.2. The normalized spacial score (nSPS) is 24.6. The van der Waals surface area contributed by atoms with E-state index in [1.165, 1.54) is 32.4 Å². The minimum atomic E-state index is -0.000317. The van der Waals surface area contributed by atoms with Gasteiger partial charge in [0.1, 0.15) is 0 Å². The molecule has 0 radical (unpaired) electrons. The van der Waals surface area contributed by atoms with Crippen LogP contribution in [0.1, 0.15) is 39.0 Å². The first-order chi connectivity index (χ1) is 13.6. The number of carbonyl (C=O) groups is 1. The third kappa shape index (κ3) is 5.60. The summed E-state index contributed by atoms with van der Waals surface area (Å²) < 4.78 is 0. The average molecular weight is 393 g/mol. The maximum Gasteiger partial charge on any atom is 0.239 e. The van der Waals surface area contributed by atoms with Gasteiger partial charge in [0.15, 0.2) is 5.96 Å². The van der Waals surface area contributed by atoms with Gasteiger partial charge in [0.05, 0.1) is 6.04 Å². The molecule has 3 aliphatic heterocycles. The van der Waals surface area contributed by atoms with Crippen LogP contribution < -0.4 is 5.32 Å². The second kappa shape index (κ2) is 10.4. The molecular formula is C21H40N6O. The number of likely N-dealkylation sites (tertiary alicyclic amines) is 2. The van der Waals surface area contributed by atoms with Gasteiger partial charge in [-0.25, -0.2) is 0 Å². The lowest BCUT2D eigenvalue weighted by molar-refractivity contribution is -0.135. The van der Waals surface area contributed by atoms with Crippen LogP contribution in [-0.4, -0.2) is 111 Å². The molecule has 0 bridgehead atoms. The van der Waals surface area contributed by atoms with Gasteiger partial charge < -0.3 is 20.0 Å². The number of piperidine rings is 1. The molecule has 0 spiro atoms. The van der Waals surface area contributed by atoms with E-state index in [9.17, 15) is 4.79 Å². The Hall–Kier alpha value is -1.34. The van der Waals surface area contributed by atoms with Gasteiger partial charge in [-0.15, -0.1) is 0 Å². The summed E-state index contributed by atoms with van der Waals surface area (Å²) in [6.07, 6.45) is 6.18. The smallest absolute Gasteiger partial charge is 0.239 e. The fraction of sp³-hybridized carbons (Fsp3) is 0.905. The van der Waals surface area contributed by atoms with Gasteiger partial charge >= 0.3 is 0 Å². The molecule has 7 heteroatoms. The molecule has 0 saturated carbocycles. The maximum absolute atomic E-state index is 12.7. The molecular weight excluding hydrogens is 352 g/mol. The van der Waals surface area contributed by atoms with Gasteiger partial charge in [0, 0.05) is 52.9 Å². The predicted molar refractivity (Wildman–Crippen MR) is 115 cm³/mol. The monoisotopic (exact) mass is 392 g/mol. The zero-order chi connectivity index (χ0) is 19.9. The standard InChI is InChI=1S/C21H40N6O/c1-18(20(28)26-10-4-5-11-26)25-14-16-27(17-15-25)21(22-2)23-9-6-19-7-12-24(3)13-8-19/h18-19H,4-17H2,1-3H3,(H,22,23). The lowest BCUT2D eigenvalue weighted by Gasteiger charge is -2.39. The van der Waals surface area contributed by atoms with Crippen LogP contribution in [0, 0.1) is 5.92 Å². The van der Waals surface area contributed by atoms with Gasteiger partial charge in [-0.05, 0) is 65.1 Å². The molecule has 3 fully saturated rings. The lowest BCUT2D eigenvalue weighted by atomic mass is 9.94. The Balaban J connectivity index is 1.38. The van der Waals surface area contributed by atoms with Gasteiger partial charge in [-0.1, -0.05) is 0 Å². The molecule has 1 amide bonds. The Morgan fingerprint density at radius 1 is 1.00 bits per heavy atom. The van der Waals surface area contributed by atoms with Crippen LogP contribution in [0.15, 0.2) is 4.99 Å². The summed E-state index contributed by atoms with van der Waals surface area (Å²) in [6, 6.07) is -0.000317. The predicted octanol–water partition coefficient (Wildman–Crippen LogP) is 0.922. The molecule has 3 heterocycles. The van der Waals surface area contributed by atoms with Crippen molar-refractivity contribution in [3.63, 3.8) is 0 Å². The van der Waals surface area contributed by atoms with Crippen molar-refractivity contribution >= 4 is 11.9 Å². The van der Waals surface area contributed by atoms with Crippen molar-refractivity contribution in [1.29, 1.82) is 0 Å². The van der Waals surface area contributed by atoms with E-state index in [1.807, 2.05) is 11.9 Å². The van der Waals surface area contributed by atoms with E-state index < -0.39 is 0 Å². The van der Waals surface area contributed by atoms with Crippen LogP contribution in [0.5, 0.6) is 0 Å². The van der Waals surface area contributed by atoms with Crippen LogP contribution in [0.25, 0.3) is 0 Å². The Morgan fingerprint density at radius 3 is 2.25 bits per heavy atom. The molecule has 3 rings (SSSR count). The molecule has 160 valence electrons. The number of rotatable bonds is 5. The number of nitrogens with one attached hydrogen (secondary N) is 1. The van der Waals surface area contributed by atoms with E-state index in [0.29, 0.717) is 5.91 Å². The summed E-state index contributed by atoms with van der Waals surface area (Å²) in [4.78, 5) is 26.3. The van der Waals surface area contributed by atoms with E-state index >= 15 is 0 Å². The highest BCUT2D eigenvalue weighted by Gasteiger charge is 2.30. The molecule has 3 saturated heterocycles. The van der Waals surface area contributed by atoms with Crippen LogP contribution in [0.3, 0.4) is 0 Å². The molecule has 0 aromatic rings. The SMILES string of the molecule is CN=C(NCCC1CCN(C)CC1)N1CCN(C(C)C(=O)N2CCCC2)CC1. The molecule has 0 aliphatic carbocycles. The van der Waals surface area contributed by atoms with E-state index in [1.54, 1.807) is 0 Å². The van der Waals surface area contributed by atoms with Gasteiger partial charge in [-0.3, -0.25) is 14.7 Å². The van der Waals surface area contributed by atoms with Crippen LogP contribution in [-0.2, 0) is 4.79 Å². The van der Waals surface area contributed by atoms with E-state index in [4.69, 9.17) is 0 Å². The Labute approximate surface area is 171 Å². The van der Waals surface area contributed by atoms with Crippen molar-refractivity contribution < 1.29 is 4.79 Å². The summed E-state index contributed by atoms with van der Waals surface area (Å²) >= 11 is 0. The minimum absolute atomic E-state index is 0.000317. The number of guanidine groups is 1. The summed E-state index contributed by atoms with van der Waals surface area (Å²) in [6.45, 7) is 11.2. The Morgan fingerprint density at radius 2 is 1.64 bits per heavy atom. The van der Waals surface area contributed by atoms with Crippen molar-refractivity contribution in [3.05, 3.63) is 0 Å². The second-order valence-electron chi connectivity index (χ2n) is 8.74. The number of nitrogens with zero attached hydrogens (tertiary/aromatic N) is 5. The van der Waals surface area contributed by atoms with Crippen LogP contribution in [0.2, 0.25) is 0 Å². The average Bonchev–Trinajstić information content (AvgIpc) is 3.26. The highest BCUT2D eigenvalue weighted by Crippen LogP contribution is 2.19. The highest BCUT2D eigenvalue weighted by atomic mass is 16.2. The van der Waals surface area contributed by atoms with E-state index in [-0.39, 0.29) is 6.04 Å². The first-order valence-electron chi connectivity index (χ1n) is 11.3. The molecule has 7 nitrogen and oxygen atoms in total. The van der Waals surface area contributed by atoms with E-state index in [0.717, 1.165) is 70.5 Å². The lowest BCUT2D eigenvalue weighted by Crippen LogP contribution is -2.57. The topological polar surface area (TPSA) is 54.4 Å². The van der Waals surface area contributed by atoms with Crippen LogP contribution >= 0.6 is 0 Å². The summed E-state index contributed by atoms with van der Waals surface area (Å²) in [7, 11) is 4.10. The minimum Gasteiger partial charge on any atom is -0.356 e. The van der Waals surface area contributed by atoms with Gasteiger partial charge in [0.2, 0.25) is 5.91 Å². The Kier molecular flexibility index (Phi) is 7.97. The second-order valence-corrected chi connectivity index (χ2v) is 8.74. The van der Waals surface area contributed by atoms with Crippen molar-refractivity contribution in [1.82, 2.24) is 24.9 Å². The summed E-state index contributed by atoms with van der Waals surface area (Å²) in [5, 5.41) is 3.58. The quantitative estimate of drug-likeness (QED) is 0.557. The Bertz CT molecular complexity index is 517. The number of hydrogen-bond acceptors (Lipinski definition) is 4. The van der Waals surface area contributed by atoms with Crippen LogP contribution in [0.4, 0.5) is 0 Å². The molecule has 3 aliphatic rings. The van der Waals surface area contributed by atoms with Gasteiger partial charge in [0.25, 0.3) is 0 Å². The first-order valence-corrected chi connectivity index (χ1v) is 11.3. The highest BCUT2D eigenvalue weighted by molar-refractivity contribution is 5.82. The summed E-state index contributed by atoms with van der Waals surface area (Å²) in [5.74, 6) is 2.17. The number of carbonyl (C=O) groups excluding carboxylic acids is 1. The number of piperazine rings is 1. The van der Waals surface area contributed by atoms with Crippen molar-refractivity contribution in [2.24, 2.45) is 10.9 Å². The molecule has 0 aromatic heterocycles. The number of aliphatic imine (C=N–C) groups is 1. The molecule has 0 aromatic carbocycles. The number of amides is 1. The third-order valence-corrected chi connectivity index (χ3v) is 6.82. The first kappa shape index (κ1) is 21.4. The van der Waals surface area contributed by atoms with E-state index in [2.05, 4.69) is 39.0 Å². The fourth-order valence-electron chi connectivity index (χ4n) is 4.75. The fourth-order valence-corrected chi connectivity index (χ4v) is 4.75. The summed E-state index contributed by atoms with van der Waals surface area (Å²) in [5.41, 5.74) is 0. The molecule has 1 atom stereocenters. The molecule has 1 N–H and O–H groups in total. The molecule has 28 heavy (non-hydrogen) atoms. The largest absolute Gasteiger partial charge is 0.356 e. The maximum atomic E-state index is 12.7. The number of hydrogen-bond donors (Lipinski definition) is 1. The molecule has 1 unspecified atom stereocenters.